The van der Waals surface area contributed by atoms with Gasteiger partial charge in [0.05, 0.1) is 12.2 Å². The number of amides is 1. The fourth-order valence-electron chi connectivity index (χ4n) is 2.89. The Bertz CT molecular complexity index is 854. The molecular formula is C20H17N3O2. The smallest absolute Gasteiger partial charge is 0.261 e. The summed E-state index contributed by atoms with van der Waals surface area (Å²) >= 11 is 0. The zero-order valence-corrected chi connectivity index (χ0v) is 13.6. The Balaban J connectivity index is 1.35. The first-order valence-electron chi connectivity index (χ1n) is 8.13. The van der Waals surface area contributed by atoms with E-state index in [1.807, 2.05) is 42.5 Å². The monoisotopic (exact) mass is 331 g/mol. The normalized spacial score (nSPS) is 12.7. The van der Waals surface area contributed by atoms with Crippen molar-refractivity contribution >= 4 is 5.91 Å². The van der Waals surface area contributed by atoms with Gasteiger partial charge in [0.15, 0.2) is 6.61 Å². The lowest BCUT2D eigenvalue weighted by atomic mass is 10.1. The van der Waals surface area contributed by atoms with E-state index in [1.165, 1.54) is 6.33 Å². The average molecular weight is 331 g/mol. The molecule has 0 bridgehead atoms. The van der Waals surface area contributed by atoms with Gasteiger partial charge in [0.1, 0.15) is 12.1 Å². The van der Waals surface area contributed by atoms with Crippen LogP contribution < -0.4 is 4.74 Å². The zero-order chi connectivity index (χ0) is 17.1. The van der Waals surface area contributed by atoms with Crippen LogP contribution in [0.2, 0.25) is 0 Å². The third kappa shape index (κ3) is 3.35. The molecule has 25 heavy (non-hydrogen) atoms. The summed E-state index contributed by atoms with van der Waals surface area (Å²) in [7, 11) is 0. The Morgan fingerprint density at radius 1 is 1.00 bits per heavy atom. The van der Waals surface area contributed by atoms with E-state index in [9.17, 15) is 4.79 Å². The highest BCUT2D eigenvalue weighted by Gasteiger charge is 2.24. The molecule has 0 spiro atoms. The number of ether oxygens (including phenoxy) is 1. The summed E-state index contributed by atoms with van der Waals surface area (Å²) in [5, 5.41) is 0. The summed E-state index contributed by atoms with van der Waals surface area (Å²) in [6.45, 7) is 1.09. The van der Waals surface area contributed by atoms with Gasteiger partial charge in [-0.1, -0.05) is 42.5 Å². The fraction of sp³-hybridized carbons (Fsp3) is 0.150. The van der Waals surface area contributed by atoms with Gasteiger partial charge in [-0.3, -0.25) is 4.79 Å². The number of aromatic nitrogens is 2. The van der Waals surface area contributed by atoms with Crippen molar-refractivity contribution in [1.82, 2.24) is 14.9 Å². The molecule has 1 aliphatic rings. The van der Waals surface area contributed by atoms with Crippen LogP contribution in [0.5, 0.6) is 5.75 Å². The molecule has 2 heterocycles. The second-order valence-electron chi connectivity index (χ2n) is 5.92. The molecule has 1 aromatic heterocycles. The lowest BCUT2D eigenvalue weighted by Gasteiger charge is -2.15. The predicted molar refractivity (Wildman–Crippen MR) is 93.7 cm³/mol. The molecule has 0 saturated heterocycles. The van der Waals surface area contributed by atoms with E-state index >= 15 is 0 Å². The van der Waals surface area contributed by atoms with Gasteiger partial charge in [-0.15, -0.1) is 0 Å². The van der Waals surface area contributed by atoms with Crippen molar-refractivity contribution in [3.63, 3.8) is 0 Å². The summed E-state index contributed by atoms with van der Waals surface area (Å²) in [5.41, 5.74) is 4.19. The lowest BCUT2D eigenvalue weighted by molar-refractivity contribution is -0.134. The van der Waals surface area contributed by atoms with E-state index < -0.39 is 0 Å². The standard InChI is InChI=1S/C20H17N3O2/c24-20(23-11-17-10-21-14-22-19(17)12-23)13-25-18-8-6-16(7-9-18)15-4-2-1-3-5-15/h1-10,14H,11-13H2. The molecular weight excluding hydrogens is 314 g/mol. The Kier molecular flexibility index (Phi) is 4.12. The van der Waals surface area contributed by atoms with E-state index in [1.54, 1.807) is 11.1 Å². The molecule has 5 heteroatoms. The van der Waals surface area contributed by atoms with Crippen molar-refractivity contribution in [2.45, 2.75) is 13.1 Å². The first kappa shape index (κ1) is 15.3. The van der Waals surface area contributed by atoms with Crippen LogP contribution in [0, 0.1) is 0 Å². The highest BCUT2D eigenvalue weighted by molar-refractivity contribution is 5.78. The first-order valence-corrected chi connectivity index (χ1v) is 8.13. The highest BCUT2D eigenvalue weighted by Crippen LogP contribution is 2.23. The van der Waals surface area contributed by atoms with Crippen LogP contribution in [-0.2, 0) is 17.9 Å². The summed E-state index contributed by atoms with van der Waals surface area (Å²) in [6.07, 6.45) is 3.27. The quantitative estimate of drug-likeness (QED) is 0.737. The molecule has 0 saturated carbocycles. The molecule has 4 rings (SSSR count). The van der Waals surface area contributed by atoms with Crippen molar-refractivity contribution in [1.29, 1.82) is 0 Å². The Hall–Kier alpha value is -3.21. The second kappa shape index (κ2) is 6.73. The van der Waals surface area contributed by atoms with Gasteiger partial charge in [0.2, 0.25) is 0 Å². The highest BCUT2D eigenvalue weighted by atomic mass is 16.5. The maximum atomic E-state index is 12.3. The molecule has 0 aliphatic carbocycles. The van der Waals surface area contributed by atoms with Gasteiger partial charge in [-0.05, 0) is 23.3 Å². The van der Waals surface area contributed by atoms with Crippen molar-refractivity contribution in [2.75, 3.05) is 6.61 Å². The number of carbonyl (C=O) groups is 1. The van der Waals surface area contributed by atoms with Crippen LogP contribution in [-0.4, -0.2) is 27.4 Å². The second-order valence-corrected chi connectivity index (χ2v) is 5.92. The SMILES string of the molecule is O=C(COc1ccc(-c2ccccc2)cc1)N1Cc2cncnc2C1. The largest absolute Gasteiger partial charge is 0.484 e. The molecule has 0 fully saturated rings. The number of hydrogen-bond donors (Lipinski definition) is 0. The Morgan fingerprint density at radius 3 is 2.52 bits per heavy atom. The molecule has 124 valence electrons. The van der Waals surface area contributed by atoms with Crippen molar-refractivity contribution in [3.8, 4) is 16.9 Å². The number of carbonyl (C=O) groups excluding carboxylic acids is 1. The lowest BCUT2D eigenvalue weighted by Crippen LogP contribution is -2.30. The van der Waals surface area contributed by atoms with E-state index in [-0.39, 0.29) is 12.5 Å². The maximum Gasteiger partial charge on any atom is 0.261 e. The minimum absolute atomic E-state index is 0.0199. The third-order valence-corrected chi connectivity index (χ3v) is 4.26. The molecule has 2 aromatic carbocycles. The van der Waals surface area contributed by atoms with Crippen LogP contribution in [0.3, 0.4) is 0 Å². The molecule has 5 nitrogen and oxygen atoms in total. The molecule has 0 atom stereocenters. The van der Waals surface area contributed by atoms with Gasteiger partial charge < -0.3 is 9.64 Å². The number of hydrogen-bond acceptors (Lipinski definition) is 4. The first-order chi connectivity index (χ1) is 12.3. The van der Waals surface area contributed by atoms with E-state index in [0.29, 0.717) is 18.8 Å². The molecule has 0 unspecified atom stereocenters. The molecule has 1 aliphatic heterocycles. The minimum Gasteiger partial charge on any atom is -0.484 e. The van der Waals surface area contributed by atoms with Crippen LogP contribution >= 0.6 is 0 Å². The van der Waals surface area contributed by atoms with Crippen LogP contribution in [0.15, 0.2) is 67.1 Å². The summed E-state index contributed by atoms with van der Waals surface area (Å²) in [5.74, 6) is 0.634. The number of rotatable bonds is 4. The molecule has 0 N–H and O–H groups in total. The zero-order valence-electron chi connectivity index (χ0n) is 13.6. The molecule has 0 radical (unpaired) electrons. The predicted octanol–water partition coefficient (Wildman–Crippen LogP) is 3.06. The van der Waals surface area contributed by atoms with Gasteiger partial charge in [-0.2, -0.15) is 0 Å². The number of benzene rings is 2. The summed E-state index contributed by atoms with van der Waals surface area (Å²) < 4.78 is 5.64. The van der Waals surface area contributed by atoms with Crippen molar-refractivity contribution in [3.05, 3.63) is 78.4 Å². The van der Waals surface area contributed by atoms with Crippen molar-refractivity contribution in [2.24, 2.45) is 0 Å². The van der Waals surface area contributed by atoms with Crippen LogP contribution in [0.25, 0.3) is 11.1 Å². The minimum atomic E-state index is -0.0508. The van der Waals surface area contributed by atoms with Crippen LogP contribution in [0.1, 0.15) is 11.3 Å². The van der Waals surface area contributed by atoms with Crippen LogP contribution in [0.4, 0.5) is 0 Å². The van der Waals surface area contributed by atoms with E-state index in [0.717, 1.165) is 22.4 Å². The Labute approximate surface area is 145 Å². The number of nitrogens with zero attached hydrogens (tertiary/aromatic N) is 3. The van der Waals surface area contributed by atoms with Gasteiger partial charge in [-0.25, -0.2) is 9.97 Å². The van der Waals surface area contributed by atoms with E-state index in [4.69, 9.17) is 4.74 Å². The third-order valence-electron chi connectivity index (χ3n) is 4.26. The summed E-state index contributed by atoms with van der Waals surface area (Å²) in [6, 6.07) is 17.9. The average Bonchev–Trinajstić information content (AvgIpc) is 3.11. The number of fused-ring (bicyclic) bond motifs is 1. The van der Waals surface area contributed by atoms with Gasteiger partial charge >= 0.3 is 0 Å². The van der Waals surface area contributed by atoms with Gasteiger partial charge in [0, 0.05) is 18.3 Å². The molecule has 1 amide bonds. The topological polar surface area (TPSA) is 55.3 Å². The van der Waals surface area contributed by atoms with E-state index in [2.05, 4.69) is 22.1 Å². The molecule has 3 aromatic rings. The fourth-order valence-corrected chi connectivity index (χ4v) is 2.89. The Morgan fingerprint density at radius 2 is 1.76 bits per heavy atom. The summed E-state index contributed by atoms with van der Waals surface area (Å²) in [4.78, 5) is 22.3. The van der Waals surface area contributed by atoms with Gasteiger partial charge in [0.25, 0.3) is 5.91 Å². The van der Waals surface area contributed by atoms with Crippen molar-refractivity contribution < 1.29 is 9.53 Å². The maximum absolute atomic E-state index is 12.3.